The van der Waals surface area contributed by atoms with E-state index >= 15 is 0 Å². The molecule has 0 fully saturated rings. The zero-order valence-electron chi connectivity index (χ0n) is 11.3. The van der Waals surface area contributed by atoms with Crippen molar-refractivity contribution in [3.8, 4) is 0 Å². The molecule has 0 aromatic heterocycles. The number of carbonyl (C=O) groups excluding carboxylic acids is 2. The molecule has 6 heteroatoms. The van der Waals surface area contributed by atoms with Crippen molar-refractivity contribution in [3.63, 3.8) is 0 Å². The first-order valence-electron chi connectivity index (χ1n) is 6.12. The molecule has 5 nitrogen and oxygen atoms in total. The van der Waals surface area contributed by atoms with E-state index in [1.54, 1.807) is 38.1 Å². The third-order valence-electron chi connectivity index (χ3n) is 2.25. The fourth-order valence-corrected chi connectivity index (χ4v) is 1.63. The van der Waals surface area contributed by atoms with E-state index in [0.29, 0.717) is 11.3 Å². The third-order valence-corrected chi connectivity index (χ3v) is 2.59. The first kappa shape index (κ1) is 16.2. The Labute approximate surface area is 122 Å². The molecule has 1 amide bonds. The number of ether oxygens (including phenoxy) is 2. The highest BCUT2D eigenvalue weighted by atomic mass is 35.5. The second kappa shape index (κ2) is 8.32. The van der Waals surface area contributed by atoms with Crippen LogP contribution < -0.4 is 0 Å². The van der Waals surface area contributed by atoms with Gasteiger partial charge in [-0.05, 0) is 13.8 Å². The third kappa shape index (κ3) is 5.84. The summed E-state index contributed by atoms with van der Waals surface area (Å²) in [7, 11) is 0. The standard InChI is InChI=1S/C14H16ClNO4/c1-3-19-12(17)9-10(2)16-14(18)20-13(15)11-7-5-4-6-8-11/h4-8,13H,3,9H2,1-2H3. The summed E-state index contributed by atoms with van der Waals surface area (Å²) in [6, 6.07) is 8.87. The van der Waals surface area contributed by atoms with Crippen LogP contribution in [0.25, 0.3) is 0 Å². The Balaban J connectivity index is 2.52. The first-order chi connectivity index (χ1) is 9.52. The second-order valence-electron chi connectivity index (χ2n) is 3.94. The number of nitrogens with zero attached hydrogens (tertiary/aromatic N) is 1. The Morgan fingerprint density at radius 1 is 1.30 bits per heavy atom. The molecule has 1 aromatic rings. The minimum absolute atomic E-state index is 0.0543. The highest BCUT2D eigenvalue weighted by molar-refractivity contribution is 6.20. The predicted molar refractivity (Wildman–Crippen MR) is 75.9 cm³/mol. The van der Waals surface area contributed by atoms with Crippen molar-refractivity contribution in [2.24, 2.45) is 4.99 Å². The van der Waals surface area contributed by atoms with Gasteiger partial charge in [-0.25, -0.2) is 4.79 Å². The first-order valence-corrected chi connectivity index (χ1v) is 6.56. The van der Waals surface area contributed by atoms with Crippen molar-refractivity contribution in [2.75, 3.05) is 6.61 Å². The van der Waals surface area contributed by atoms with Crippen LogP contribution in [0.1, 0.15) is 31.4 Å². The molecule has 0 spiro atoms. The van der Waals surface area contributed by atoms with E-state index in [1.807, 2.05) is 6.07 Å². The molecule has 0 radical (unpaired) electrons. The van der Waals surface area contributed by atoms with Crippen LogP contribution in [-0.2, 0) is 14.3 Å². The molecule has 1 atom stereocenters. The van der Waals surface area contributed by atoms with Gasteiger partial charge in [-0.2, -0.15) is 4.99 Å². The second-order valence-corrected chi connectivity index (χ2v) is 4.34. The van der Waals surface area contributed by atoms with Crippen molar-refractivity contribution in [2.45, 2.75) is 25.8 Å². The topological polar surface area (TPSA) is 65.0 Å². The Kier molecular flexibility index (Phi) is 6.73. The Morgan fingerprint density at radius 3 is 2.55 bits per heavy atom. The lowest BCUT2D eigenvalue weighted by Gasteiger charge is -2.09. The lowest BCUT2D eigenvalue weighted by Crippen LogP contribution is -2.11. The lowest BCUT2D eigenvalue weighted by atomic mass is 10.2. The summed E-state index contributed by atoms with van der Waals surface area (Å²) in [4.78, 5) is 26.4. The molecule has 0 aliphatic rings. The molecule has 108 valence electrons. The Morgan fingerprint density at radius 2 is 1.95 bits per heavy atom. The lowest BCUT2D eigenvalue weighted by molar-refractivity contribution is -0.141. The average Bonchev–Trinajstić information content (AvgIpc) is 2.39. The Hall–Kier alpha value is -1.88. The van der Waals surface area contributed by atoms with Crippen molar-refractivity contribution in [1.29, 1.82) is 0 Å². The van der Waals surface area contributed by atoms with Crippen LogP contribution in [0.2, 0.25) is 0 Å². The smallest absolute Gasteiger partial charge is 0.435 e. The van der Waals surface area contributed by atoms with Crippen molar-refractivity contribution in [3.05, 3.63) is 35.9 Å². The number of esters is 1. The van der Waals surface area contributed by atoms with Crippen molar-refractivity contribution < 1.29 is 19.1 Å². The molecule has 0 aliphatic carbocycles. The molecule has 0 saturated heterocycles. The maximum absolute atomic E-state index is 11.5. The molecular weight excluding hydrogens is 282 g/mol. The SMILES string of the molecule is CCOC(=O)CC(C)=NC(=O)OC(Cl)c1ccccc1. The van der Waals surface area contributed by atoms with Crippen LogP contribution >= 0.6 is 11.6 Å². The van der Waals surface area contributed by atoms with Gasteiger partial charge in [-0.1, -0.05) is 41.9 Å². The van der Waals surface area contributed by atoms with Gasteiger partial charge in [0.05, 0.1) is 13.0 Å². The average molecular weight is 298 g/mol. The molecule has 0 N–H and O–H groups in total. The van der Waals surface area contributed by atoms with Gasteiger partial charge < -0.3 is 9.47 Å². The molecule has 1 unspecified atom stereocenters. The van der Waals surface area contributed by atoms with E-state index in [2.05, 4.69) is 4.99 Å². The summed E-state index contributed by atoms with van der Waals surface area (Å²) in [5.41, 5.74) is 0.0500. The fourth-order valence-electron chi connectivity index (χ4n) is 1.40. The maximum Gasteiger partial charge on any atom is 0.435 e. The van der Waals surface area contributed by atoms with E-state index in [4.69, 9.17) is 21.1 Å². The number of alkyl halides is 1. The summed E-state index contributed by atoms with van der Waals surface area (Å²) in [5.74, 6) is -0.438. The van der Waals surface area contributed by atoms with Gasteiger partial charge in [-0.15, -0.1) is 0 Å². The fraction of sp³-hybridized carbons (Fsp3) is 0.357. The molecule has 0 heterocycles. The van der Waals surface area contributed by atoms with Gasteiger partial charge in [0.15, 0.2) is 0 Å². The molecule has 0 bridgehead atoms. The maximum atomic E-state index is 11.5. The zero-order valence-corrected chi connectivity index (χ0v) is 12.1. The molecule has 1 rings (SSSR count). The van der Waals surface area contributed by atoms with Gasteiger partial charge in [-0.3, -0.25) is 4.79 Å². The Bertz CT molecular complexity index is 487. The van der Waals surface area contributed by atoms with Crippen LogP contribution in [-0.4, -0.2) is 24.4 Å². The number of halogens is 1. The number of hydrogen-bond acceptors (Lipinski definition) is 4. The van der Waals surface area contributed by atoms with Gasteiger partial charge >= 0.3 is 12.1 Å². The number of benzene rings is 1. The zero-order chi connectivity index (χ0) is 15.0. The molecule has 0 saturated carbocycles. The summed E-state index contributed by atoms with van der Waals surface area (Å²) < 4.78 is 9.68. The van der Waals surface area contributed by atoms with Gasteiger partial charge in [0, 0.05) is 11.3 Å². The van der Waals surface area contributed by atoms with Gasteiger partial charge in [0.25, 0.3) is 0 Å². The minimum Gasteiger partial charge on any atom is -0.466 e. The van der Waals surface area contributed by atoms with Crippen LogP contribution in [0.15, 0.2) is 35.3 Å². The van der Waals surface area contributed by atoms with Crippen LogP contribution in [0, 0.1) is 0 Å². The van der Waals surface area contributed by atoms with E-state index in [9.17, 15) is 9.59 Å². The molecule has 0 aliphatic heterocycles. The van der Waals surface area contributed by atoms with E-state index < -0.39 is 17.6 Å². The van der Waals surface area contributed by atoms with E-state index in [1.165, 1.54) is 0 Å². The highest BCUT2D eigenvalue weighted by Gasteiger charge is 2.13. The monoisotopic (exact) mass is 297 g/mol. The van der Waals surface area contributed by atoms with Gasteiger partial charge in [0.1, 0.15) is 0 Å². The van der Waals surface area contributed by atoms with E-state index in [-0.39, 0.29) is 13.0 Å². The number of amides is 1. The predicted octanol–water partition coefficient (Wildman–Crippen LogP) is 3.47. The summed E-state index contributed by atoms with van der Waals surface area (Å²) in [6.45, 7) is 3.54. The van der Waals surface area contributed by atoms with Gasteiger partial charge in [0.2, 0.25) is 5.56 Å². The van der Waals surface area contributed by atoms with Crippen LogP contribution in [0.5, 0.6) is 0 Å². The molecular formula is C14H16ClNO4. The highest BCUT2D eigenvalue weighted by Crippen LogP contribution is 2.21. The minimum atomic E-state index is -0.914. The summed E-state index contributed by atoms with van der Waals surface area (Å²) >= 11 is 5.94. The van der Waals surface area contributed by atoms with Crippen LogP contribution in [0.4, 0.5) is 4.79 Å². The largest absolute Gasteiger partial charge is 0.466 e. The summed E-state index contributed by atoms with van der Waals surface area (Å²) in [6.07, 6.45) is -0.892. The van der Waals surface area contributed by atoms with E-state index in [0.717, 1.165) is 0 Å². The number of hydrogen-bond donors (Lipinski definition) is 0. The van der Waals surface area contributed by atoms with Crippen molar-refractivity contribution >= 4 is 29.4 Å². The molecule has 20 heavy (non-hydrogen) atoms. The van der Waals surface area contributed by atoms with Crippen LogP contribution in [0.3, 0.4) is 0 Å². The normalized spacial score (nSPS) is 12.7. The number of carbonyl (C=O) groups is 2. The molecule has 1 aromatic carbocycles. The quantitative estimate of drug-likeness (QED) is 0.474. The van der Waals surface area contributed by atoms with Crippen molar-refractivity contribution in [1.82, 2.24) is 0 Å². The summed E-state index contributed by atoms with van der Waals surface area (Å²) in [5, 5.41) is 0. The number of aliphatic imine (C=N–C) groups is 1. The number of rotatable bonds is 5.